The van der Waals surface area contributed by atoms with Gasteiger partial charge in [0.05, 0.1) is 26.4 Å². The van der Waals surface area contributed by atoms with Crippen LogP contribution in [0.3, 0.4) is 0 Å². The van der Waals surface area contributed by atoms with Crippen LogP contribution in [0.15, 0.2) is 0 Å². The molecule has 19 heteroatoms. The van der Waals surface area contributed by atoms with E-state index >= 15 is 0 Å². The van der Waals surface area contributed by atoms with Crippen LogP contribution < -0.4 is 0 Å². The van der Waals surface area contributed by atoms with Crippen molar-refractivity contribution in [2.75, 3.05) is 39.6 Å². The Bertz CT molecular complexity index is 1960. The summed E-state index contributed by atoms with van der Waals surface area (Å²) in [6, 6.07) is 0. The van der Waals surface area contributed by atoms with Gasteiger partial charge in [-0.1, -0.05) is 401 Å². The van der Waals surface area contributed by atoms with Gasteiger partial charge in [-0.2, -0.15) is 0 Å². The predicted molar refractivity (Wildman–Crippen MR) is 423 cm³/mol. The van der Waals surface area contributed by atoms with E-state index in [9.17, 15) is 43.2 Å². The first-order chi connectivity index (χ1) is 50.1. The summed E-state index contributed by atoms with van der Waals surface area (Å²) in [7, 11) is -9.91. The molecule has 0 aliphatic rings. The zero-order valence-electron chi connectivity index (χ0n) is 67.5. The number of carbonyl (C=O) groups is 4. The third-order valence-corrected chi connectivity index (χ3v) is 22.0. The highest BCUT2D eigenvalue weighted by Crippen LogP contribution is 2.45. The quantitative estimate of drug-likeness (QED) is 0.0222. The summed E-state index contributed by atoms with van der Waals surface area (Å²) in [4.78, 5) is 72.8. The molecular weight excluding hydrogens is 1340 g/mol. The van der Waals surface area contributed by atoms with Gasteiger partial charge in [-0.25, -0.2) is 9.13 Å². The molecule has 0 aromatic carbocycles. The summed E-state index contributed by atoms with van der Waals surface area (Å²) in [6.45, 7) is 7.31. The maximum atomic E-state index is 13.1. The number of phosphoric acid groups is 2. The van der Waals surface area contributed by atoms with Crippen LogP contribution >= 0.6 is 15.6 Å². The molecule has 0 saturated carbocycles. The number of aliphatic hydroxyl groups excluding tert-OH is 1. The molecular formula is C84H164O17P2. The lowest BCUT2D eigenvalue weighted by atomic mass is 9.99. The minimum Gasteiger partial charge on any atom is -0.462 e. The summed E-state index contributed by atoms with van der Waals surface area (Å²) >= 11 is 0. The van der Waals surface area contributed by atoms with Gasteiger partial charge in [0.15, 0.2) is 12.2 Å². The smallest absolute Gasteiger partial charge is 0.462 e. The van der Waals surface area contributed by atoms with Gasteiger partial charge in [-0.3, -0.25) is 37.3 Å². The predicted octanol–water partition coefficient (Wildman–Crippen LogP) is 25.6. The molecule has 0 aliphatic heterocycles. The number of rotatable bonds is 84. The highest BCUT2D eigenvalue weighted by atomic mass is 31.2. The average Bonchev–Trinajstić information content (AvgIpc) is 0.917. The molecule has 0 spiro atoms. The lowest BCUT2D eigenvalue weighted by Gasteiger charge is -2.21. The van der Waals surface area contributed by atoms with Crippen LogP contribution in [0, 0.1) is 5.92 Å². The first-order valence-electron chi connectivity index (χ1n) is 43.7. The molecule has 0 aromatic heterocycles. The van der Waals surface area contributed by atoms with Gasteiger partial charge in [0.1, 0.15) is 19.3 Å². The molecule has 0 aromatic rings. The lowest BCUT2D eigenvalue weighted by molar-refractivity contribution is -0.161. The molecule has 0 rings (SSSR count). The Balaban J connectivity index is 5.10. The van der Waals surface area contributed by atoms with Crippen LogP contribution in [0.5, 0.6) is 0 Å². The number of phosphoric ester groups is 2. The third kappa shape index (κ3) is 76.6. The second-order valence-corrected chi connectivity index (χ2v) is 33.4. The number of aliphatic hydroxyl groups is 1. The Hall–Kier alpha value is -1.94. The first-order valence-corrected chi connectivity index (χ1v) is 46.7. The van der Waals surface area contributed by atoms with E-state index in [1.165, 1.54) is 270 Å². The average molecular weight is 1510 g/mol. The number of carbonyl (C=O) groups excluding carboxylic acids is 4. The molecule has 17 nitrogen and oxygen atoms in total. The van der Waals surface area contributed by atoms with Gasteiger partial charge >= 0.3 is 39.5 Å². The van der Waals surface area contributed by atoms with Crippen LogP contribution in [0.4, 0.5) is 0 Å². The van der Waals surface area contributed by atoms with Crippen LogP contribution in [0.2, 0.25) is 0 Å². The summed E-state index contributed by atoms with van der Waals surface area (Å²) in [5.74, 6) is -1.27. The Morgan fingerprint density at radius 3 is 0.689 bits per heavy atom. The second kappa shape index (κ2) is 76.8. The van der Waals surface area contributed by atoms with E-state index in [0.29, 0.717) is 25.7 Å². The number of hydrogen-bond donors (Lipinski definition) is 3. The van der Waals surface area contributed by atoms with Crippen molar-refractivity contribution < 1.29 is 80.2 Å². The number of ether oxygens (including phenoxy) is 4. The molecule has 0 saturated heterocycles. The fourth-order valence-electron chi connectivity index (χ4n) is 13.1. The third-order valence-electron chi connectivity index (χ3n) is 20.1. The van der Waals surface area contributed by atoms with E-state index in [4.69, 9.17) is 37.0 Å². The number of hydrogen-bond acceptors (Lipinski definition) is 15. The highest BCUT2D eigenvalue weighted by molar-refractivity contribution is 7.47. The van der Waals surface area contributed by atoms with Gasteiger partial charge in [0.2, 0.25) is 0 Å². The van der Waals surface area contributed by atoms with Crippen molar-refractivity contribution >= 4 is 39.5 Å². The van der Waals surface area contributed by atoms with Crippen molar-refractivity contribution in [1.82, 2.24) is 0 Å². The standard InChI is InChI=1S/C84H164O17P2/c1-6-10-13-16-18-20-22-24-26-28-30-31-33-35-37-42-46-50-54-59-65-70-84(89)101-80(74-95-82(87)68-63-58-53-49-45-41-36-34-32-29-27-25-23-21-19-17-14-11-7-2)76-99-103(92,93)97-72-78(85)71-96-102(90,91)98-75-79(73-94-81(86)67-62-56-15-12-8-3)100-83(88)69-64-60-55-51-47-43-39-38-40-44-48-52-57-61-66-77(5)9-4/h77-80,85H,6-76H2,1-5H3,(H,90,91)(H,92,93)/t77?,78-,79+,80+/m0/s1. The fourth-order valence-corrected chi connectivity index (χ4v) is 14.7. The van der Waals surface area contributed by atoms with Crippen molar-refractivity contribution in [3.63, 3.8) is 0 Å². The van der Waals surface area contributed by atoms with E-state index in [2.05, 4.69) is 34.6 Å². The molecule has 612 valence electrons. The maximum absolute atomic E-state index is 13.1. The minimum atomic E-state index is -4.96. The summed E-state index contributed by atoms with van der Waals surface area (Å²) in [6.07, 6.45) is 69.9. The molecule has 0 heterocycles. The zero-order valence-corrected chi connectivity index (χ0v) is 69.3. The van der Waals surface area contributed by atoms with Crippen LogP contribution in [-0.2, 0) is 65.4 Å². The Labute approximate surface area is 632 Å². The van der Waals surface area contributed by atoms with Crippen LogP contribution in [-0.4, -0.2) is 96.7 Å². The highest BCUT2D eigenvalue weighted by Gasteiger charge is 2.30. The number of esters is 4. The van der Waals surface area contributed by atoms with E-state index in [-0.39, 0.29) is 25.7 Å². The van der Waals surface area contributed by atoms with Gasteiger partial charge in [-0.15, -0.1) is 0 Å². The van der Waals surface area contributed by atoms with Crippen molar-refractivity contribution in [1.29, 1.82) is 0 Å². The van der Waals surface area contributed by atoms with Crippen molar-refractivity contribution in [3.05, 3.63) is 0 Å². The monoisotopic (exact) mass is 1510 g/mol. The topological polar surface area (TPSA) is 237 Å². The molecule has 0 aliphatic carbocycles. The van der Waals surface area contributed by atoms with E-state index in [0.717, 1.165) is 102 Å². The summed E-state index contributed by atoms with van der Waals surface area (Å²) in [5.41, 5.74) is 0. The lowest BCUT2D eigenvalue weighted by Crippen LogP contribution is -2.30. The normalized spacial score (nSPS) is 14.1. The Kier molecular flexibility index (Phi) is 75.4. The van der Waals surface area contributed by atoms with E-state index in [1.54, 1.807) is 0 Å². The largest absolute Gasteiger partial charge is 0.472 e. The molecule has 0 radical (unpaired) electrons. The summed E-state index contributed by atoms with van der Waals surface area (Å²) in [5, 5.41) is 10.6. The first kappa shape index (κ1) is 101. The minimum absolute atomic E-state index is 0.107. The van der Waals surface area contributed by atoms with Crippen molar-refractivity contribution in [2.24, 2.45) is 5.92 Å². The SMILES string of the molecule is CCCCCCCCCCCCCCCCCCCCCCCC(=O)O[C@H](COC(=O)CCCCCCCCCCCCCCCCCCCCC)COP(=O)(O)OC[C@@H](O)COP(=O)(O)OC[C@@H](COC(=O)CCCCCCC)OC(=O)CCCCCCCCCCCCCCCCC(C)CC. The molecule has 0 fully saturated rings. The van der Waals surface area contributed by atoms with Crippen LogP contribution in [0.1, 0.15) is 452 Å². The van der Waals surface area contributed by atoms with Gasteiger partial charge in [0.25, 0.3) is 0 Å². The molecule has 6 atom stereocenters. The van der Waals surface area contributed by atoms with Crippen molar-refractivity contribution in [3.8, 4) is 0 Å². The Morgan fingerprint density at radius 2 is 0.466 bits per heavy atom. The summed E-state index contributed by atoms with van der Waals surface area (Å²) < 4.78 is 68.6. The second-order valence-electron chi connectivity index (χ2n) is 30.5. The molecule has 0 amide bonds. The van der Waals surface area contributed by atoms with E-state index in [1.807, 2.05) is 0 Å². The molecule has 103 heavy (non-hydrogen) atoms. The van der Waals surface area contributed by atoms with Gasteiger partial charge < -0.3 is 33.8 Å². The molecule has 0 bridgehead atoms. The van der Waals surface area contributed by atoms with Gasteiger partial charge in [0, 0.05) is 25.7 Å². The Morgan fingerprint density at radius 1 is 0.272 bits per heavy atom. The van der Waals surface area contributed by atoms with E-state index < -0.39 is 97.5 Å². The zero-order chi connectivity index (χ0) is 75.5. The molecule has 3 N–H and O–H groups in total. The number of unbranched alkanes of at least 4 members (excludes halogenated alkanes) is 55. The fraction of sp³-hybridized carbons (Fsp3) is 0.952. The van der Waals surface area contributed by atoms with Crippen molar-refractivity contribution in [2.45, 2.75) is 470 Å². The van der Waals surface area contributed by atoms with Crippen LogP contribution in [0.25, 0.3) is 0 Å². The van der Waals surface area contributed by atoms with Gasteiger partial charge in [-0.05, 0) is 31.6 Å². The maximum Gasteiger partial charge on any atom is 0.472 e. The molecule has 3 unspecified atom stereocenters.